The molecule has 0 spiro atoms. The molecule has 2 aromatic rings. The summed E-state index contributed by atoms with van der Waals surface area (Å²) in [5, 5.41) is 2.44. The van der Waals surface area contributed by atoms with Crippen LogP contribution in [-0.2, 0) is 4.79 Å². The highest BCUT2D eigenvalue weighted by atomic mass is 16.1. The maximum Gasteiger partial charge on any atom is 0.136 e. The molecule has 2 rings (SSSR count). The molecule has 0 heterocycles. The van der Waals surface area contributed by atoms with Gasteiger partial charge in [0, 0.05) is 5.92 Å². The van der Waals surface area contributed by atoms with Crippen LogP contribution in [0.5, 0.6) is 0 Å². The molecule has 0 N–H and O–H groups in total. The number of hydrogen-bond donors (Lipinski definition) is 0. The van der Waals surface area contributed by atoms with Gasteiger partial charge in [0.1, 0.15) is 5.78 Å². The summed E-state index contributed by atoms with van der Waals surface area (Å²) < 4.78 is 0. The van der Waals surface area contributed by atoms with Gasteiger partial charge in [-0.25, -0.2) is 0 Å². The standard InChI is InChI=1S/C15H16O/c1-10-4-5-15-9-13(11(2)12(3)16)6-7-14(15)8-10/h4-9,11H,1-3H3/t11-/m0/s1. The van der Waals surface area contributed by atoms with E-state index in [0.717, 1.165) is 5.56 Å². The Hall–Kier alpha value is -1.63. The quantitative estimate of drug-likeness (QED) is 0.739. The molecular weight excluding hydrogens is 196 g/mol. The molecule has 0 unspecified atom stereocenters. The summed E-state index contributed by atoms with van der Waals surface area (Å²) in [5.74, 6) is 0.206. The number of carbonyl (C=O) groups excluding carboxylic acids is 1. The van der Waals surface area contributed by atoms with Crippen LogP contribution in [0.1, 0.15) is 30.9 Å². The number of ketones is 1. The van der Waals surface area contributed by atoms with E-state index >= 15 is 0 Å². The summed E-state index contributed by atoms with van der Waals surface area (Å²) in [6.07, 6.45) is 0. The van der Waals surface area contributed by atoms with E-state index < -0.39 is 0 Å². The summed E-state index contributed by atoms with van der Waals surface area (Å²) in [6, 6.07) is 12.6. The van der Waals surface area contributed by atoms with Gasteiger partial charge in [0.25, 0.3) is 0 Å². The van der Waals surface area contributed by atoms with Crippen LogP contribution in [-0.4, -0.2) is 5.78 Å². The van der Waals surface area contributed by atoms with Crippen molar-refractivity contribution in [3.8, 4) is 0 Å². The van der Waals surface area contributed by atoms with Crippen LogP contribution in [0.2, 0.25) is 0 Å². The van der Waals surface area contributed by atoms with Gasteiger partial charge in [0.15, 0.2) is 0 Å². The number of aryl methyl sites for hydroxylation is 1. The van der Waals surface area contributed by atoms with Crippen LogP contribution in [0.3, 0.4) is 0 Å². The molecule has 0 aromatic heterocycles. The van der Waals surface area contributed by atoms with E-state index in [1.54, 1.807) is 6.92 Å². The number of benzene rings is 2. The maximum atomic E-state index is 11.3. The summed E-state index contributed by atoms with van der Waals surface area (Å²) >= 11 is 0. The van der Waals surface area contributed by atoms with Crippen molar-refractivity contribution in [2.24, 2.45) is 0 Å². The second kappa shape index (κ2) is 4.09. The topological polar surface area (TPSA) is 17.1 Å². The van der Waals surface area contributed by atoms with Gasteiger partial charge in [0.2, 0.25) is 0 Å². The van der Waals surface area contributed by atoms with Crippen LogP contribution in [0, 0.1) is 6.92 Å². The minimum atomic E-state index is -0.00861. The van der Waals surface area contributed by atoms with Crippen LogP contribution >= 0.6 is 0 Å². The molecule has 0 aliphatic heterocycles. The van der Waals surface area contributed by atoms with Gasteiger partial charge >= 0.3 is 0 Å². The highest BCUT2D eigenvalue weighted by Crippen LogP contribution is 2.23. The normalized spacial score (nSPS) is 12.7. The molecule has 0 fully saturated rings. The van der Waals surface area contributed by atoms with Gasteiger partial charge in [-0.05, 0) is 30.2 Å². The second-order valence-electron chi connectivity index (χ2n) is 4.44. The predicted octanol–water partition coefficient (Wildman–Crippen LogP) is 3.84. The van der Waals surface area contributed by atoms with E-state index in [2.05, 4.69) is 37.3 Å². The fourth-order valence-electron chi connectivity index (χ4n) is 1.89. The minimum Gasteiger partial charge on any atom is -0.299 e. The molecule has 2 aromatic carbocycles. The number of fused-ring (bicyclic) bond motifs is 1. The van der Waals surface area contributed by atoms with Gasteiger partial charge < -0.3 is 0 Å². The molecule has 82 valence electrons. The fourth-order valence-corrected chi connectivity index (χ4v) is 1.89. The molecule has 0 aliphatic rings. The summed E-state index contributed by atoms with van der Waals surface area (Å²) in [6.45, 7) is 5.69. The van der Waals surface area contributed by atoms with E-state index in [1.165, 1.54) is 16.3 Å². The molecule has 16 heavy (non-hydrogen) atoms. The largest absolute Gasteiger partial charge is 0.299 e. The van der Waals surface area contributed by atoms with Crippen molar-refractivity contribution in [3.63, 3.8) is 0 Å². The zero-order chi connectivity index (χ0) is 11.7. The third-order valence-corrected chi connectivity index (χ3v) is 3.13. The first-order chi connectivity index (χ1) is 7.58. The highest BCUT2D eigenvalue weighted by molar-refractivity contribution is 5.87. The molecular formula is C15H16O. The first kappa shape index (κ1) is 10.9. The van der Waals surface area contributed by atoms with Crippen molar-refractivity contribution in [2.75, 3.05) is 0 Å². The zero-order valence-corrected chi connectivity index (χ0v) is 9.95. The SMILES string of the molecule is CC(=O)[C@H](C)c1ccc2cc(C)ccc2c1. The summed E-state index contributed by atoms with van der Waals surface area (Å²) in [7, 11) is 0. The number of Topliss-reactive ketones (excluding diaryl/α,β-unsaturated/α-hetero) is 1. The van der Waals surface area contributed by atoms with Crippen molar-refractivity contribution in [1.29, 1.82) is 0 Å². The Kier molecular flexibility index (Phi) is 2.78. The lowest BCUT2D eigenvalue weighted by Gasteiger charge is -2.09. The Morgan fingerprint density at radius 3 is 2.38 bits per heavy atom. The molecule has 0 saturated heterocycles. The van der Waals surface area contributed by atoms with Gasteiger partial charge in [-0.15, -0.1) is 0 Å². The predicted molar refractivity (Wildman–Crippen MR) is 67.8 cm³/mol. The summed E-state index contributed by atoms with van der Waals surface area (Å²) in [5.41, 5.74) is 2.36. The smallest absolute Gasteiger partial charge is 0.136 e. The molecule has 0 saturated carbocycles. The van der Waals surface area contributed by atoms with Gasteiger partial charge in [0.05, 0.1) is 0 Å². The molecule has 1 atom stereocenters. The minimum absolute atomic E-state index is 0.00861. The van der Waals surface area contributed by atoms with Crippen LogP contribution in [0.4, 0.5) is 0 Å². The third kappa shape index (κ3) is 1.99. The lowest BCUT2D eigenvalue weighted by atomic mass is 9.95. The van der Waals surface area contributed by atoms with E-state index in [9.17, 15) is 4.79 Å². The second-order valence-corrected chi connectivity index (χ2v) is 4.44. The third-order valence-electron chi connectivity index (χ3n) is 3.13. The first-order valence-electron chi connectivity index (χ1n) is 5.58. The zero-order valence-electron chi connectivity index (χ0n) is 9.95. The molecule has 0 aliphatic carbocycles. The fraction of sp³-hybridized carbons (Fsp3) is 0.267. The Labute approximate surface area is 96.1 Å². The summed E-state index contributed by atoms with van der Waals surface area (Å²) in [4.78, 5) is 11.3. The number of carbonyl (C=O) groups is 1. The Morgan fingerprint density at radius 2 is 1.69 bits per heavy atom. The van der Waals surface area contributed by atoms with E-state index in [1.807, 2.05) is 13.0 Å². The molecule has 0 bridgehead atoms. The van der Waals surface area contributed by atoms with Crippen molar-refractivity contribution in [1.82, 2.24) is 0 Å². The number of hydrogen-bond acceptors (Lipinski definition) is 1. The average molecular weight is 212 g/mol. The van der Waals surface area contributed by atoms with Gasteiger partial charge in [-0.3, -0.25) is 4.79 Å². The average Bonchev–Trinajstić information content (AvgIpc) is 2.27. The first-order valence-corrected chi connectivity index (χ1v) is 5.58. The van der Waals surface area contributed by atoms with Crippen LogP contribution in [0.25, 0.3) is 10.8 Å². The lowest BCUT2D eigenvalue weighted by molar-refractivity contribution is -0.118. The Bertz CT molecular complexity index is 540. The van der Waals surface area contributed by atoms with E-state index in [4.69, 9.17) is 0 Å². The molecule has 1 nitrogen and oxygen atoms in total. The van der Waals surface area contributed by atoms with Gasteiger partial charge in [-0.1, -0.05) is 48.9 Å². The Morgan fingerprint density at radius 1 is 1.06 bits per heavy atom. The monoisotopic (exact) mass is 212 g/mol. The van der Waals surface area contributed by atoms with Crippen molar-refractivity contribution >= 4 is 16.6 Å². The van der Waals surface area contributed by atoms with Crippen LogP contribution < -0.4 is 0 Å². The van der Waals surface area contributed by atoms with E-state index in [-0.39, 0.29) is 11.7 Å². The van der Waals surface area contributed by atoms with Crippen molar-refractivity contribution in [2.45, 2.75) is 26.7 Å². The highest BCUT2D eigenvalue weighted by Gasteiger charge is 2.10. The van der Waals surface area contributed by atoms with Gasteiger partial charge in [-0.2, -0.15) is 0 Å². The van der Waals surface area contributed by atoms with Crippen molar-refractivity contribution in [3.05, 3.63) is 47.5 Å². The lowest BCUT2D eigenvalue weighted by Crippen LogP contribution is -2.03. The number of rotatable bonds is 2. The van der Waals surface area contributed by atoms with Crippen LogP contribution in [0.15, 0.2) is 36.4 Å². The molecule has 0 amide bonds. The van der Waals surface area contributed by atoms with Crippen molar-refractivity contribution < 1.29 is 4.79 Å². The maximum absolute atomic E-state index is 11.3. The van der Waals surface area contributed by atoms with E-state index in [0.29, 0.717) is 0 Å². The molecule has 0 radical (unpaired) electrons. The Balaban J connectivity index is 2.52. The molecule has 1 heteroatoms.